The first-order valence-electron chi connectivity index (χ1n) is 6.73. The molecule has 1 amide bonds. The van der Waals surface area contributed by atoms with Gasteiger partial charge in [0.1, 0.15) is 6.61 Å². The zero-order valence-electron chi connectivity index (χ0n) is 11.1. The lowest BCUT2D eigenvalue weighted by atomic mass is 9.99. The minimum absolute atomic E-state index is 0. The van der Waals surface area contributed by atoms with Gasteiger partial charge in [0.05, 0.1) is 5.92 Å². The van der Waals surface area contributed by atoms with E-state index in [1.807, 2.05) is 11.8 Å². The summed E-state index contributed by atoms with van der Waals surface area (Å²) in [6, 6.07) is 0.155. The molecule has 22 heavy (non-hydrogen) atoms. The van der Waals surface area contributed by atoms with Gasteiger partial charge < -0.3 is 14.4 Å². The van der Waals surface area contributed by atoms with Gasteiger partial charge in [-0.05, 0) is 19.3 Å². The fourth-order valence-electron chi connectivity index (χ4n) is 2.43. The predicted octanol–water partition coefficient (Wildman–Crippen LogP) is 3.86. The van der Waals surface area contributed by atoms with Gasteiger partial charge in [-0.1, -0.05) is 43.6 Å². The molecule has 0 N–H and O–H groups in total. The molecule has 2 fully saturated rings. The molecule has 0 aromatic heterocycles. The number of ether oxygens (including phenoxy) is 2. The van der Waals surface area contributed by atoms with Crippen molar-refractivity contribution in [2.45, 2.75) is 81.6 Å². The van der Waals surface area contributed by atoms with Gasteiger partial charge >= 0.3 is 5.97 Å². The van der Waals surface area contributed by atoms with E-state index >= 15 is 0 Å². The van der Waals surface area contributed by atoms with Crippen LogP contribution < -0.4 is 0 Å². The Bertz CT molecular complexity index is 329. The molecule has 2 saturated heterocycles. The second-order valence-electron chi connectivity index (χ2n) is 5.09. The Kier molecular flexibility index (Phi) is 13.5. The summed E-state index contributed by atoms with van der Waals surface area (Å²) < 4.78 is 9.96. The smallest absolute Gasteiger partial charge is 0.311 e. The number of esters is 1. The van der Waals surface area contributed by atoms with Crippen molar-refractivity contribution in [3.63, 3.8) is 0 Å². The molecule has 2 rings (SSSR count). The summed E-state index contributed by atoms with van der Waals surface area (Å²) in [4.78, 5) is 25.4. The normalized spacial score (nSPS) is 21.3. The van der Waals surface area contributed by atoms with Crippen molar-refractivity contribution in [1.82, 2.24) is 4.90 Å². The predicted molar refractivity (Wildman–Crippen MR) is 91.6 cm³/mol. The van der Waals surface area contributed by atoms with Crippen LogP contribution in [0, 0.1) is 5.92 Å². The second kappa shape index (κ2) is 11.5. The van der Waals surface area contributed by atoms with E-state index in [4.69, 9.17) is 9.47 Å². The molecule has 134 valence electrons. The van der Waals surface area contributed by atoms with Crippen molar-refractivity contribution >= 4 is 11.9 Å². The van der Waals surface area contributed by atoms with Crippen molar-refractivity contribution in [3.8, 4) is 0 Å². The lowest BCUT2D eigenvalue weighted by Gasteiger charge is -2.28. The van der Waals surface area contributed by atoms with E-state index in [0.717, 1.165) is 19.4 Å². The van der Waals surface area contributed by atoms with E-state index in [-0.39, 0.29) is 59.8 Å². The number of hydrogen-bond acceptors (Lipinski definition) is 4. The maximum Gasteiger partial charge on any atom is 0.311 e. The van der Waals surface area contributed by atoms with Crippen LogP contribution in [0.5, 0.6) is 0 Å². The standard InChI is InChI=1S/C13H21NO4.4CH4/c1-3-10(14-6-4-5-11(14)15)7-9(2)13(16)18-12-8-17-12;;;;/h9-10,12H,3-8H2,1-2H3;4*1H4. The summed E-state index contributed by atoms with van der Waals surface area (Å²) in [6.07, 6.45) is 2.81. The fraction of sp³-hybridized carbons (Fsp3) is 0.882. The van der Waals surface area contributed by atoms with Crippen LogP contribution in [0.4, 0.5) is 0 Å². The quantitative estimate of drug-likeness (QED) is 0.551. The first kappa shape index (κ1) is 25.8. The van der Waals surface area contributed by atoms with Crippen LogP contribution in [0.15, 0.2) is 0 Å². The molecule has 0 bridgehead atoms. The molecule has 0 aliphatic carbocycles. The van der Waals surface area contributed by atoms with Crippen LogP contribution in [0.2, 0.25) is 0 Å². The third-order valence-corrected chi connectivity index (χ3v) is 3.60. The van der Waals surface area contributed by atoms with Gasteiger partial charge in [0.25, 0.3) is 0 Å². The molecule has 2 aliphatic rings. The highest BCUT2D eigenvalue weighted by Gasteiger charge is 2.33. The number of likely N-dealkylation sites (tertiary alicyclic amines) is 1. The Morgan fingerprint density at radius 3 is 2.36 bits per heavy atom. The molecule has 2 heterocycles. The van der Waals surface area contributed by atoms with Crippen molar-refractivity contribution in [3.05, 3.63) is 0 Å². The number of carbonyl (C=O) groups excluding carboxylic acids is 2. The molecular formula is C17H37NO4. The van der Waals surface area contributed by atoms with Crippen molar-refractivity contribution in [1.29, 1.82) is 0 Å². The van der Waals surface area contributed by atoms with Crippen LogP contribution in [-0.2, 0) is 19.1 Å². The van der Waals surface area contributed by atoms with E-state index in [0.29, 0.717) is 19.4 Å². The zero-order chi connectivity index (χ0) is 13.1. The topological polar surface area (TPSA) is 59.1 Å². The van der Waals surface area contributed by atoms with Gasteiger partial charge in [-0.25, -0.2) is 0 Å². The van der Waals surface area contributed by atoms with E-state index in [1.165, 1.54) is 0 Å². The van der Waals surface area contributed by atoms with Gasteiger partial charge in [-0.15, -0.1) is 0 Å². The molecule has 5 nitrogen and oxygen atoms in total. The summed E-state index contributed by atoms with van der Waals surface area (Å²) in [6.45, 7) is 5.25. The van der Waals surface area contributed by atoms with Gasteiger partial charge in [0.2, 0.25) is 12.2 Å². The number of epoxide rings is 1. The third-order valence-electron chi connectivity index (χ3n) is 3.60. The highest BCUT2D eigenvalue weighted by Crippen LogP contribution is 2.23. The monoisotopic (exact) mass is 319 g/mol. The Hall–Kier alpha value is -1.10. The Labute approximate surface area is 137 Å². The molecule has 3 unspecified atom stereocenters. The maximum absolute atomic E-state index is 11.7. The minimum Gasteiger partial charge on any atom is -0.433 e. The van der Waals surface area contributed by atoms with E-state index in [2.05, 4.69) is 6.92 Å². The molecule has 0 aromatic carbocycles. The van der Waals surface area contributed by atoms with Crippen LogP contribution in [-0.4, -0.2) is 42.3 Å². The lowest BCUT2D eigenvalue weighted by molar-refractivity contribution is -0.154. The molecule has 0 spiro atoms. The SMILES string of the molecule is C.C.C.C.CCC(CC(C)C(=O)OC1CO1)N1CCCC1=O. The maximum atomic E-state index is 11.7. The van der Waals surface area contributed by atoms with Crippen LogP contribution in [0.1, 0.15) is 69.2 Å². The Morgan fingerprint density at radius 1 is 1.36 bits per heavy atom. The Balaban J connectivity index is -0.000000902. The first-order chi connectivity index (χ1) is 8.61. The largest absolute Gasteiger partial charge is 0.433 e. The average molecular weight is 319 g/mol. The number of amides is 1. The highest BCUT2D eigenvalue weighted by atomic mass is 16.8. The molecular weight excluding hydrogens is 282 g/mol. The average Bonchev–Trinajstić information content (AvgIpc) is 3.06. The highest BCUT2D eigenvalue weighted by molar-refractivity contribution is 5.78. The number of nitrogens with zero attached hydrogens (tertiary/aromatic N) is 1. The van der Waals surface area contributed by atoms with Crippen molar-refractivity contribution in [2.24, 2.45) is 5.92 Å². The van der Waals surface area contributed by atoms with E-state index < -0.39 is 0 Å². The lowest BCUT2D eigenvalue weighted by Crippen LogP contribution is -2.38. The number of hydrogen-bond donors (Lipinski definition) is 0. The molecule has 5 heteroatoms. The molecule has 0 radical (unpaired) electrons. The molecule has 2 aliphatic heterocycles. The number of rotatable bonds is 6. The van der Waals surface area contributed by atoms with Crippen LogP contribution in [0.3, 0.4) is 0 Å². The van der Waals surface area contributed by atoms with Crippen molar-refractivity contribution in [2.75, 3.05) is 13.2 Å². The fourth-order valence-corrected chi connectivity index (χ4v) is 2.43. The van der Waals surface area contributed by atoms with Gasteiger partial charge in [-0.3, -0.25) is 9.59 Å². The Morgan fingerprint density at radius 2 is 1.95 bits per heavy atom. The van der Waals surface area contributed by atoms with Gasteiger partial charge in [0, 0.05) is 19.0 Å². The minimum atomic E-state index is -0.326. The summed E-state index contributed by atoms with van der Waals surface area (Å²) in [5.74, 6) is -0.192. The third kappa shape index (κ3) is 6.77. The van der Waals surface area contributed by atoms with Crippen molar-refractivity contribution < 1.29 is 19.1 Å². The molecule has 3 atom stereocenters. The van der Waals surface area contributed by atoms with Gasteiger partial charge in [0.15, 0.2) is 0 Å². The summed E-state index contributed by atoms with van der Waals surface area (Å²) in [7, 11) is 0. The summed E-state index contributed by atoms with van der Waals surface area (Å²) in [5.41, 5.74) is 0. The molecule has 0 aromatic rings. The first-order valence-corrected chi connectivity index (χ1v) is 6.73. The van der Waals surface area contributed by atoms with Gasteiger partial charge in [-0.2, -0.15) is 0 Å². The zero-order valence-corrected chi connectivity index (χ0v) is 11.1. The summed E-state index contributed by atoms with van der Waals surface area (Å²) in [5, 5.41) is 0. The van der Waals surface area contributed by atoms with E-state index in [1.54, 1.807) is 0 Å². The van der Waals surface area contributed by atoms with E-state index in [9.17, 15) is 9.59 Å². The van der Waals surface area contributed by atoms with Crippen LogP contribution >= 0.6 is 0 Å². The number of carbonyl (C=O) groups is 2. The summed E-state index contributed by atoms with van der Waals surface area (Å²) >= 11 is 0. The second-order valence-corrected chi connectivity index (χ2v) is 5.09. The van der Waals surface area contributed by atoms with Crippen LogP contribution in [0.25, 0.3) is 0 Å². The molecule has 0 saturated carbocycles.